The van der Waals surface area contributed by atoms with E-state index in [1.54, 1.807) is 0 Å². The topological polar surface area (TPSA) is 97.5 Å². The highest BCUT2D eigenvalue weighted by Crippen LogP contribution is 2.33. The lowest BCUT2D eigenvalue weighted by Crippen LogP contribution is -2.19. The Morgan fingerprint density at radius 3 is 2.82 bits per heavy atom. The Morgan fingerprint density at radius 1 is 1.18 bits per heavy atom. The summed E-state index contributed by atoms with van der Waals surface area (Å²) >= 11 is 0. The monoisotopic (exact) mass is 476 g/mol. The molecule has 0 spiro atoms. The lowest BCUT2D eigenvalue weighted by Gasteiger charge is -2.23. The number of benzene rings is 1. The standard InChI is InChI=1S/C23H32N4O5S/c1-18-8-9-21-20(15-18)23(25-27(21)22-7-3-4-12-31-22)19-16-24-26(17-19)10-14-30-11-5-6-13-32-33(2,28)29/h8-9,15-17,22H,3-7,10-14H2,1-2H3. The summed E-state index contributed by atoms with van der Waals surface area (Å²) in [6.07, 6.45) is 9.48. The molecule has 2 aromatic heterocycles. The van der Waals surface area contributed by atoms with E-state index in [-0.39, 0.29) is 12.8 Å². The van der Waals surface area contributed by atoms with E-state index in [1.165, 1.54) is 5.56 Å². The van der Waals surface area contributed by atoms with Crippen molar-refractivity contribution in [3.05, 3.63) is 36.2 Å². The summed E-state index contributed by atoms with van der Waals surface area (Å²) in [5, 5.41) is 10.5. The van der Waals surface area contributed by atoms with Gasteiger partial charge in [-0.05, 0) is 51.2 Å². The lowest BCUT2D eigenvalue weighted by molar-refractivity contribution is -0.0365. The predicted octanol–water partition coefficient (Wildman–Crippen LogP) is 3.68. The highest BCUT2D eigenvalue weighted by molar-refractivity contribution is 7.85. The van der Waals surface area contributed by atoms with Gasteiger partial charge in [0.05, 0.1) is 37.7 Å². The van der Waals surface area contributed by atoms with Gasteiger partial charge in [-0.15, -0.1) is 0 Å². The number of aromatic nitrogens is 4. The highest BCUT2D eigenvalue weighted by atomic mass is 32.2. The van der Waals surface area contributed by atoms with Crippen LogP contribution in [-0.2, 0) is 30.3 Å². The van der Waals surface area contributed by atoms with Crippen LogP contribution in [-0.4, -0.2) is 60.7 Å². The molecule has 0 amide bonds. The van der Waals surface area contributed by atoms with Gasteiger partial charge < -0.3 is 9.47 Å². The number of nitrogens with zero attached hydrogens (tertiary/aromatic N) is 4. The molecule has 9 nitrogen and oxygen atoms in total. The molecule has 1 unspecified atom stereocenters. The molecule has 3 aromatic rings. The quantitative estimate of drug-likeness (QED) is 0.308. The van der Waals surface area contributed by atoms with Crippen molar-refractivity contribution in [1.29, 1.82) is 0 Å². The normalized spacial score (nSPS) is 17.1. The maximum absolute atomic E-state index is 10.9. The summed E-state index contributed by atoms with van der Waals surface area (Å²) < 4.78 is 42.1. The fraction of sp³-hybridized carbons (Fsp3) is 0.565. The number of hydrogen-bond donors (Lipinski definition) is 0. The van der Waals surface area contributed by atoms with E-state index < -0.39 is 10.1 Å². The summed E-state index contributed by atoms with van der Waals surface area (Å²) in [6.45, 7) is 4.76. The van der Waals surface area contributed by atoms with Gasteiger partial charge in [0, 0.05) is 30.4 Å². The SMILES string of the molecule is Cc1ccc2c(c1)c(-c1cnn(CCOCCCCOS(C)(=O)=O)c1)nn2C1CCCCO1. The predicted molar refractivity (Wildman–Crippen MR) is 125 cm³/mol. The van der Waals surface area contributed by atoms with Crippen LogP contribution in [0.3, 0.4) is 0 Å². The molecule has 1 aliphatic rings. The number of rotatable bonds is 11. The van der Waals surface area contributed by atoms with Crippen LogP contribution >= 0.6 is 0 Å². The van der Waals surface area contributed by atoms with Gasteiger partial charge in [0.2, 0.25) is 0 Å². The van der Waals surface area contributed by atoms with E-state index in [9.17, 15) is 8.42 Å². The molecule has 1 atom stereocenters. The molecule has 0 N–H and O–H groups in total. The summed E-state index contributed by atoms with van der Waals surface area (Å²) in [5.41, 5.74) is 4.16. The molecule has 1 aliphatic heterocycles. The third kappa shape index (κ3) is 6.41. The van der Waals surface area contributed by atoms with Gasteiger partial charge in [-0.2, -0.15) is 18.6 Å². The Labute approximate surface area is 194 Å². The third-order valence-corrected chi connectivity index (χ3v) is 6.24. The van der Waals surface area contributed by atoms with Crippen LogP contribution < -0.4 is 0 Å². The molecule has 1 aromatic carbocycles. The lowest BCUT2D eigenvalue weighted by atomic mass is 10.1. The van der Waals surface area contributed by atoms with Crippen molar-refractivity contribution in [2.75, 3.05) is 32.7 Å². The number of hydrogen-bond acceptors (Lipinski definition) is 7. The van der Waals surface area contributed by atoms with E-state index in [4.69, 9.17) is 18.8 Å². The average Bonchev–Trinajstić information content (AvgIpc) is 3.40. The molecule has 0 radical (unpaired) electrons. The van der Waals surface area contributed by atoms with Crippen LogP contribution in [0.25, 0.3) is 22.2 Å². The van der Waals surface area contributed by atoms with Crippen molar-refractivity contribution in [2.24, 2.45) is 0 Å². The minimum absolute atomic E-state index is 0.0241. The molecule has 0 bridgehead atoms. The number of ether oxygens (including phenoxy) is 2. The minimum atomic E-state index is -3.37. The fourth-order valence-corrected chi connectivity index (χ4v) is 4.41. The Kier molecular flexibility index (Phi) is 7.79. The molecule has 4 rings (SSSR count). The third-order valence-electron chi connectivity index (χ3n) is 5.64. The second-order valence-corrected chi connectivity index (χ2v) is 10.1. The molecular weight excluding hydrogens is 444 g/mol. The molecular formula is C23H32N4O5S. The molecule has 180 valence electrons. The zero-order valence-corrected chi connectivity index (χ0v) is 20.1. The Bertz CT molecular complexity index is 1160. The minimum Gasteiger partial charge on any atom is -0.380 e. The highest BCUT2D eigenvalue weighted by Gasteiger charge is 2.22. The maximum atomic E-state index is 10.9. The molecule has 0 saturated carbocycles. The van der Waals surface area contributed by atoms with E-state index in [1.807, 2.05) is 21.8 Å². The van der Waals surface area contributed by atoms with Gasteiger partial charge in [-0.1, -0.05) is 11.6 Å². The first-order valence-electron chi connectivity index (χ1n) is 11.5. The van der Waals surface area contributed by atoms with Crippen LogP contribution in [0.2, 0.25) is 0 Å². The van der Waals surface area contributed by atoms with Crippen LogP contribution in [0.1, 0.15) is 43.9 Å². The molecule has 10 heteroatoms. The van der Waals surface area contributed by atoms with Crippen LogP contribution in [0.5, 0.6) is 0 Å². The van der Waals surface area contributed by atoms with E-state index >= 15 is 0 Å². The van der Waals surface area contributed by atoms with Crippen molar-refractivity contribution in [2.45, 2.75) is 51.8 Å². The zero-order chi connectivity index (χ0) is 23.3. The van der Waals surface area contributed by atoms with Gasteiger partial charge in [0.25, 0.3) is 10.1 Å². The summed E-state index contributed by atoms with van der Waals surface area (Å²) in [6, 6.07) is 6.41. The second kappa shape index (κ2) is 10.8. The van der Waals surface area contributed by atoms with E-state index in [2.05, 4.69) is 30.2 Å². The van der Waals surface area contributed by atoms with Gasteiger partial charge >= 0.3 is 0 Å². The van der Waals surface area contributed by atoms with E-state index in [0.29, 0.717) is 26.2 Å². The molecule has 1 saturated heterocycles. The maximum Gasteiger partial charge on any atom is 0.264 e. The van der Waals surface area contributed by atoms with Crippen molar-refractivity contribution in [3.63, 3.8) is 0 Å². The Morgan fingerprint density at radius 2 is 2.03 bits per heavy atom. The van der Waals surface area contributed by atoms with Gasteiger partial charge in [0.1, 0.15) is 5.69 Å². The fourth-order valence-electron chi connectivity index (χ4n) is 3.99. The van der Waals surface area contributed by atoms with Gasteiger partial charge in [-0.3, -0.25) is 8.86 Å². The first kappa shape index (κ1) is 23.9. The summed E-state index contributed by atoms with van der Waals surface area (Å²) in [7, 11) is -3.37. The first-order valence-corrected chi connectivity index (χ1v) is 13.3. The van der Waals surface area contributed by atoms with Crippen molar-refractivity contribution < 1.29 is 22.1 Å². The van der Waals surface area contributed by atoms with E-state index in [0.717, 1.165) is 60.7 Å². The van der Waals surface area contributed by atoms with Crippen LogP contribution in [0.15, 0.2) is 30.6 Å². The zero-order valence-electron chi connectivity index (χ0n) is 19.3. The van der Waals surface area contributed by atoms with Crippen molar-refractivity contribution >= 4 is 21.0 Å². The molecule has 0 aliphatic carbocycles. The number of aryl methyl sites for hydroxylation is 1. The smallest absolute Gasteiger partial charge is 0.264 e. The first-order chi connectivity index (χ1) is 15.9. The van der Waals surface area contributed by atoms with Crippen molar-refractivity contribution in [1.82, 2.24) is 19.6 Å². The number of unbranched alkanes of at least 4 members (excludes halogenated alkanes) is 1. The number of fused-ring (bicyclic) bond motifs is 1. The largest absolute Gasteiger partial charge is 0.380 e. The Balaban J connectivity index is 1.36. The summed E-state index contributed by atoms with van der Waals surface area (Å²) in [4.78, 5) is 0. The van der Waals surface area contributed by atoms with Gasteiger partial charge in [0.15, 0.2) is 6.23 Å². The van der Waals surface area contributed by atoms with Crippen LogP contribution in [0.4, 0.5) is 0 Å². The van der Waals surface area contributed by atoms with Gasteiger partial charge in [-0.25, -0.2) is 4.68 Å². The average molecular weight is 477 g/mol. The molecule has 3 heterocycles. The molecule has 1 fully saturated rings. The van der Waals surface area contributed by atoms with Crippen LogP contribution in [0, 0.1) is 6.92 Å². The molecule has 33 heavy (non-hydrogen) atoms. The van der Waals surface area contributed by atoms with Crippen molar-refractivity contribution in [3.8, 4) is 11.3 Å². The summed E-state index contributed by atoms with van der Waals surface area (Å²) in [5.74, 6) is 0. The second-order valence-electron chi connectivity index (χ2n) is 8.47. The Hall–Kier alpha value is -2.27.